The van der Waals surface area contributed by atoms with Crippen LogP contribution in [-0.4, -0.2) is 92.9 Å². The van der Waals surface area contributed by atoms with E-state index in [1.165, 1.54) is 23.7 Å². The fourth-order valence-electron chi connectivity index (χ4n) is 4.05. The molecule has 1 aliphatic rings. The monoisotopic (exact) mass is 556 g/mol. The molecule has 0 unspecified atom stereocenters. The number of aliphatic hydroxyl groups excluding tert-OH is 4. The molecule has 0 saturated carbocycles. The van der Waals surface area contributed by atoms with Crippen molar-refractivity contribution in [3.05, 3.63) is 36.7 Å². The van der Waals surface area contributed by atoms with E-state index in [-0.39, 0.29) is 17.1 Å². The maximum absolute atomic E-state index is 13.0. The zero-order valence-corrected chi connectivity index (χ0v) is 21.6. The standard InChI is InChI=1S/C22H32N6O7S2/c29-13-15-17(30)18(31)19(32)20(35-15)26-14-7-3-4-8-16(14)37(33,34)25-10-6-2-1-5-9-23-21-27-36-22-24-11-12-28(21)22/h3-4,7-8,11-12,15,17-20,25-26,29-32H,1-2,5-6,9-10,13H2,(H,23,27)/t15-,17-,18+,19-,20+/m1/s1. The van der Waals surface area contributed by atoms with Crippen LogP contribution in [-0.2, 0) is 14.8 Å². The first-order chi connectivity index (χ1) is 17.8. The Morgan fingerprint density at radius 1 is 1.03 bits per heavy atom. The number of benzene rings is 1. The van der Waals surface area contributed by atoms with Gasteiger partial charge in [-0.1, -0.05) is 25.0 Å². The number of ether oxygens (including phenoxy) is 1. The van der Waals surface area contributed by atoms with Gasteiger partial charge in [0.25, 0.3) is 0 Å². The molecule has 204 valence electrons. The number of rotatable bonds is 13. The summed E-state index contributed by atoms with van der Waals surface area (Å²) in [7, 11) is -3.88. The highest BCUT2D eigenvalue weighted by Gasteiger charge is 2.43. The van der Waals surface area contributed by atoms with Crippen LogP contribution in [0, 0.1) is 0 Å². The van der Waals surface area contributed by atoms with Crippen molar-refractivity contribution in [3.8, 4) is 0 Å². The fourth-order valence-corrected chi connectivity index (χ4v) is 5.95. The Morgan fingerprint density at radius 2 is 1.78 bits per heavy atom. The molecule has 1 aromatic carbocycles. The summed E-state index contributed by atoms with van der Waals surface area (Å²) in [4.78, 5) is 4.97. The molecule has 0 aliphatic carbocycles. The minimum absolute atomic E-state index is 0.0507. The Balaban J connectivity index is 1.23. The SMILES string of the molecule is O=S(=O)(NCCCCCCNc1nsc2nccn12)c1ccccc1N[C@H]1O[C@H](CO)[C@@H](O)[C@H](O)[C@H]1O. The molecule has 7 N–H and O–H groups in total. The summed E-state index contributed by atoms with van der Waals surface area (Å²) in [6, 6.07) is 6.10. The summed E-state index contributed by atoms with van der Waals surface area (Å²) in [6.07, 6.45) is -0.0738. The summed E-state index contributed by atoms with van der Waals surface area (Å²) >= 11 is 1.33. The molecule has 37 heavy (non-hydrogen) atoms. The van der Waals surface area contributed by atoms with E-state index in [0.29, 0.717) is 6.42 Å². The molecule has 0 spiro atoms. The van der Waals surface area contributed by atoms with Crippen molar-refractivity contribution in [2.75, 3.05) is 30.3 Å². The molecule has 5 atom stereocenters. The number of nitrogens with zero attached hydrogens (tertiary/aromatic N) is 3. The normalized spacial score (nSPS) is 24.4. The van der Waals surface area contributed by atoms with Crippen molar-refractivity contribution in [1.82, 2.24) is 18.5 Å². The van der Waals surface area contributed by atoms with Crippen molar-refractivity contribution in [2.24, 2.45) is 0 Å². The van der Waals surface area contributed by atoms with Crippen LogP contribution in [0.3, 0.4) is 0 Å². The number of imidazole rings is 1. The Morgan fingerprint density at radius 3 is 2.57 bits per heavy atom. The van der Waals surface area contributed by atoms with E-state index in [1.54, 1.807) is 18.3 Å². The average Bonchev–Trinajstić information content (AvgIpc) is 3.51. The predicted octanol–water partition coefficient (Wildman–Crippen LogP) is -0.0466. The van der Waals surface area contributed by atoms with E-state index in [0.717, 1.165) is 36.7 Å². The van der Waals surface area contributed by atoms with Crippen LogP contribution in [0.5, 0.6) is 0 Å². The third kappa shape index (κ3) is 6.56. The van der Waals surface area contributed by atoms with E-state index < -0.39 is 47.3 Å². The highest BCUT2D eigenvalue weighted by molar-refractivity contribution is 7.89. The summed E-state index contributed by atoms with van der Waals surface area (Å²) < 4.78 is 40.2. The molecule has 1 saturated heterocycles. The lowest BCUT2D eigenvalue weighted by molar-refractivity contribution is -0.221. The molecular weight excluding hydrogens is 524 g/mol. The Hall–Kier alpha value is -2.37. The Kier molecular flexibility index (Phi) is 9.31. The molecule has 0 bridgehead atoms. The summed E-state index contributed by atoms with van der Waals surface area (Å²) in [6.45, 7) is 0.422. The van der Waals surface area contributed by atoms with Gasteiger partial charge in [0, 0.05) is 37.0 Å². The zero-order chi connectivity index (χ0) is 26.4. The number of aliphatic hydroxyl groups is 4. The second-order valence-electron chi connectivity index (χ2n) is 8.71. The number of sulfonamides is 1. The molecule has 0 amide bonds. The maximum atomic E-state index is 13.0. The van der Waals surface area contributed by atoms with E-state index in [1.807, 2.05) is 10.6 Å². The van der Waals surface area contributed by atoms with Gasteiger partial charge in [0.05, 0.1) is 12.3 Å². The van der Waals surface area contributed by atoms with Crippen molar-refractivity contribution >= 4 is 38.2 Å². The quantitative estimate of drug-likeness (QED) is 0.140. The largest absolute Gasteiger partial charge is 0.394 e. The molecule has 3 heterocycles. The number of unbranched alkanes of at least 4 members (excludes halogenated alkanes) is 3. The molecule has 3 aromatic rings. The van der Waals surface area contributed by atoms with Gasteiger partial charge in [0.1, 0.15) is 29.3 Å². The summed E-state index contributed by atoms with van der Waals surface area (Å²) in [5.74, 6) is 0.765. The number of nitrogens with one attached hydrogen (secondary N) is 3. The minimum Gasteiger partial charge on any atom is -0.394 e. The Bertz CT molecular complexity index is 1250. The first kappa shape index (κ1) is 27.7. The number of hydrogen-bond acceptors (Lipinski definition) is 12. The van der Waals surface area contributed by atoms with Crippen molar-refractivity contribution in [1.29, 1.82) is 0 Å². The molecular formula is C22H32N6O7S2. The van der Waals surface area contributed by atoms with Gasteiger partial charge in [-0.3, -0.25) is 4.40 Å². The summed E-state index contributed by atoms with van der Waals surface area (Å²) in [5.41, 5.74) is 0.152. The molecule has 2 aromatic heterocycles. The van der Waals surface area contributed by atoms with Gasteiger partial charge in [0.15, 0.2) is 6.23 Å². The van der Waals surface area contributed by atoms with E-state index >= 15 is 0 Å². The van der Waals surface area contributed by atoms with Gasteiger partial charge in [-0.05, 0) is 25.0 Å². The number of anilines is 2. The van der Waals surface area contributed by atoms with Crippen LogP contribution in [0.25, 0.3) is 4.96 Å². The van der Waals surface area contributed by atoms with Gasteiger partial charge >= 0.3 is 0 Å². The average molecular weight is 557 g/mol. The van der Waals surface area contributed by atoms with E-state index in [4.69, 9.17) is 4.74 Å². The molecule has 1 fully saturated rings. The molecule has 4 rings (SSSR count). The fraction of sp³-hybridized carbons (Fsp3) is 0.545. The lowest BCUT2D eigenvalue weighted by atomic mass is 9.98. The molecule has 1 aliphatic heterocycles. The predicted molar refractivity (Wildman–Crippen MR) is 137 cm³/mol. The smallest absolute Gasteiger partial charge is 0.242 e. The van der Waals surface area contributed by atoms with E-state index in [9.17, 15) is 28.8 Å². The van der Waals surface area contributed by atoms with Gasteiger partial charge < -0.3 is 35.8 Å². The second-order valence-corrected chi connectivity index (χ2v) is 11.2. The van der Waals surface area contributed by atoms with Crippen molar-refractivity contribution < 1.29 is 33.6 Å². The number of para-hydroxylation sites is 1. The van der Waals surface area contributed by atoms with Crippen molar-refractivity contribution in [2.45, 2.75) is 61.2 Å². The third-order valence-corrected chi connectivity index (χ3v) is 8.34. The number of fused-ring (bicyclic) bond motifs is 1. The summed E-state index contributed by atoms with van der Waals surface area (Å²) in [5, 5.41) is 45.7. The van der Waals surface area contributed by atoms with Gasteiger partial charge in [-0.15, -0.1) is 0 Å². The number of hydrogen-bond donors (Lipinski definition) is 7. The highest BCUT2D eigenvalue weighted by Crippen LogP contribution is 2.27. The highest BCUT2D eigenvalue weighted by atomic mass is 32.2. The van der Waals surface area contributed by atoms with Crippen LogP contribution < -0.4 is 15.4 Å². The van der Waals surface area contributed by atoms with Crippen LogP contribution in [0.2, 0.25) is 0 Å². The Labute approximate surface area is 218 Å². The third-order valence-electron chi connectivity index (χ3n) is 6.09. The van der Waals surface area contributed by atoms with E-state index in [2.05, 4.69) is 24.7 Å². The van der Waals surface area contributed by atoms with Gasteiger partial charge in [0.2, 0.25) is 20.9 Å². The lowest BCUT2D eigenvalue weighted by Gasteiger charge is -2.40. The van der Waals surface area contributed by atoms with Crippen molar-refractivity contribution in [3.63, 3.8) is 0 Å². The molecule has 0 radical (unpaired) electrons. The first-order valence-corrected chi connectivity index (χ1v) is 14.3. The second kappa shape index (κ2) is 12.4. The van der Waals surface area contributed by atoms with Crippen LogP contribution >= 0.6 is 11.5 Å². The number of aromatic nitrogens is 3. The molecule has 15 heteroatoms. The molecule has 13 nitrogen and oxygen atoms in total. The van der Waals surface area contributed by atoms with Crippen LogP contribution in [0.1, 0.15) is 25.7 Å². The van der Waals surface area contributed by atoms with Gasteiger partial charge in [-0.2, -0.15) is 4.37 Å². The van der Waals surface area contributed by atoms with Crippen LogP contribution in [0.4, 0.5) is 11.6 Å². The first-order valence-electron chi connectivity index (χ1n) is 12.0. The topological polar surface area (TPSA) is 191 Å². The zero-order valence-electron chi connectivity index (χ0n) is 20.0. The minimum atomic E-state index is -3.88. The van der Waals surface area contributed by atoms with Gasteiger partial charge in [-0.25, -0.2) is 18.1 Å². The maximum Gasteiger partial charge on any atom is 0.242 e. The lowest BCUT2D eigenvalue weighted by Crippen LogP contribution is -2.60. The van der Waals surface area contributed by atoms with Crippen LogP contribution in [0.15, 0.2) is 41.6 Å².